The van der Waals surface area contributed by atoms with E-state index in [1.807, 2.05) is 36.4 Å². The van der Waals surface area contributed by atoms with Gasteiger partial charge in [0.15, 0.2) is 11.5 Å². The average Bonchev–Trinajstić information content (AvgIpc) is 3.40. The monoisotopic (exact) mass is 418 g/mol. The molecule has 150 valence electrons. The van der Waals surface area contributed by atoms with E-state index in [4.69, 9.17) is 21.1 Å². The molecule has 1 aliphatic carbocycles. The summed E-state index contributed by atoms with van der Waals surface area (Å²) in [5.41, 5.74) is 5.28. The molecule has 0 unspecified atom stereocenters. The minimum Gasteiger partial charge on any atom is -0.454 e. The largest absolute Gasteiger partial charge is 0.454 e. The molecule has 0 radical (unpaired) electrons. The first-order chi connectivity index (χ1) is 14.7. The highest BCUT2D eigenvalue weighted by Gasteiger charge is 2.60. The highest BCUT2D eigenvalue weighted by molar-refractivity contribution is 6.33. The lowest BCUT2D eigenvalue weighted by molar-refractivity contribution is -0.122. The summed E-state index contributed by atoms with van der Waals surface area (Å²) in [6.07, 6.45) is 2.27. The lowest BCUT2D eigenvalue weighted by Gasteiger charge is -2.18. The van der Waals surface area contributed by atoms with Gasteiger partial charge in [0.1, 0.15) is 0 Å². The fourth-order valence-corrected chi connectivity index (χ4v) is 4.33. The van der Waals surface area contributed by atoms with Crippen LogP contribution in [0, 0.1) is 5.92 Å². The zero-order valence-corrected chi connectivity index (χ0v) is 16.8. The molecule has 3 aromatic rings. The van der Waals surface area contributed by atoms with Crippen LogP contribution in [0.1, 0.15) is 23.1 Å². The van der Waals surface area contributed by atoms with Gasteiger partial charge in [-0.1, -0.05) is 72.3 Å². The maximum atomic E-state index is 12.9. The Balaban J connectivity index is 1.35. The van der Waals surface area contributed by atoms with Crippen molar-refractivity contribution in [1.29, 1.82) is 0 Å². The molecule has 1 atom stereocenters. The number of carbonyl (C=O) groups is 1. The van der Waals surface area contributed by atoms with Crippen LogP contribution in [-0.4, -0.2) is 18.9 Å². The SMILES string of the molecule is O=C(N/N=C\c1cc2c(cc1Cl)OCO2)[C@H]1CC1(c1ccccc1)c1ccccc1. The zero-order valence-electron chi connectivity index (χ0n) is 16.0. The number of hydrazone groups is 1. The van der Waals surface area contributed by atoms with E-state index in [0.29, 0.717) is 22.1 Å². The number of nitrogens with zero attached hydrogens (tertiary/aromatic N) is 1. The Hall–Kier alpha value is -3.31. The summed E-state index contributed by atoms with van der Waals surface area (Å²) in [6.45, 7) is 0.172. The van der Waals surface area contributed by atoms with Gasteiger partial charge in [0.2, 0.25) is 12.7 Å². The van der Waals surface area contributed by atoms with Crippen LogP contribution in [0.4, 0.5) is 0 Å². The molecule has 1 aliphatic heterocycles. The van der Waals surface area contributed by atoms with Crippen molar-refractivity contribution in [2.75, 3.05) is 6.79 Å². The van der Waals surface area contributed by atoms with Crippen molar-refractivity contribution in [3.63, 3.8) is 0 Å². The Labute approximate surface area is 179 Å². The Morgan fingerprint density at radius 1 is 1.00 bits per heavy atom. The number of halogens is 1. The number of fused-ring (bicyclic) bond motifs is 1. The van der Waals surface area contributed by atoms with Crippen molar-refractivity contribution in [2.24, 2.45) is 11.0 Å². The fourth-order valence-electron chi connectivity index (χ4n) is 4.13. The van der Waals surface area contributed by atoms with E-state index >= 15 is 0 Å². The van der Waals surface area contributed by atoms with Crippen LogP contribution in [0.3, 0.4) is 0 Å². The second-order valence-corrected chi connectivity index (χ2v) is 7.83. The predicted octanol–water partition coefficient (Wildman–Crippen LogP) is 4.53. The van der Waals surface area contributed by atoms with E-state index in [1.165, 1.54) is 6.21 Å². The summed E-state index contributed by atoms with van der Waals surface area (Å²) in [4.78, 5) is 12.9. The van der Waals surface area contributed by atoms with Crippen LogP contribution < -0.4 is 14.9 Å². The quantitative estimate of drug-likeness (QED) is 0.489. The van der Waals surface area contributed by atoms with Crippen LogP contribution in [0.15, 0.2) is 77.9 Å². The molecule has 1 amide bonds. The van der Waals surface area contributed by atoms with E-state index in [1.54, 1.807) is 12.1 Å². The third kappa shape index (κ3) is 3.21. The molecule has 5 nitrogen and oxygen atoms in total. The minimum atomic E-state index is -0.321. The lowest BCUT2D eigenvalue weighted by atomic mass is 9.85. The predicted molar refractivity (Wildman–Crippen MR) is 115 cm³/mol. The molecule has 2 aliphatic rings. The van der Waals surface area contributed by atoms with Crippen molar-refractivity contribution < 1.29 is 14.3 Å². The highest BCUT2D eigenvalue weighted by Crippen LogP contribution is 2.58. The van der Waals surface area contributed by atoms with Gasteiger partial charge in [0, 0.05) is 17.0 Å². The van der Waals surface area contributed by atoms with Gasteiger partial charge in [-0.2, -0.15) is 5.10 Å². The van der Waals surface area contributed by atoms with E-state index in [0.717, 1.165) is 17.5 Å². The summed E-state index contributed by atoms with van der Waals surface area (Å²) in [5, 5.41) is 4.61. The van der Waals surface area contributed by atoms with Crippen LogP contribution in [0.25, 0.3) is 0 Å². The smallest absolute Gasteiger partial charge is 0.244 e. The van der Waals surface area contributed by atoms with Crippen molar-refractivity contribution in [1.82, 2.24) is 5.43 Å². The number of rotatable bonds is 5. The Bertz CT molecular complexity index is 1080. The van der Waals surface area contributed by atoms with Gasteiger partial charge in [-0.3, -0.25) is 4.79 Å². The number of nitrogens with one attached hydrogen (secondary N) is 1. The molecule has 5 rings (SSSR count). The topological polar surface area (TPSA) is 59.9 Å². The summed E-state index contributed by atoms with van der Waals surface area (Å²) < 4.78 is 10.7. The van der Waals surface area contributed by atoms with E-state index < -0.39 is 0 Å². The zero-order chi connectivity index (χ0) is 20.6. The molecule has 0 bridgehead atoms. The summed E-state index contributed by atoms with van der Waals surface area (Å²) in [7, 11) is 0. The maximum Gasteiger partial charge on any atom is 0.244 e. The molecule has 1 N–H and O–H groups in total. The number of ether oxygens (including phenoxy) is 2. The molecule has 3 aromatic carbocycles. The van der Waals surface area contributed by atoms with Crippen molar-refractivity contribution in [3.05, 3.63) is 94.5 Å². The Morgan fingerprint density at radius 2 is 1.60 bits per heavy atom. The van der Waals surface area contributed by atoms with Crippen LogP contribution in [-0.2, 0) is 10.2 Å². The number of hydrogen-bond donors (Lipinski definition) is 1. The van der Waals surface area contributed by atoms with Gasteiger partial charge >= 0.3 is 0 Å². The number of benzene rings is 3. The normalized spacial score (nSPS) is 18.4. The second kappa shape index (κ2) is 7.50. The second-order valence-electron chi connectivity index (χ2n) is 7.42. The van der Waals surface area contributed by atoms with Gasteiger partial charge in [-0.15, -0.1) is 0 Å². The lowest BCUT2D eigenvalue weighted by Crippen LogP contribution is -2.25. The van der Waals surface area contributed by atoms with E-state index in [-0.39, 0.29) is 24.0 Å². The molecular weight excluding hydrogens is 400 g/mol. The van der Waals surface area contributed by atoms with Crippen molar-refractivity contribution in [3.8, 4) is 11.5 Å². The first-order valence-corrected chi connectivity index (χ1v) is 10.1. The van der Waals surface area contributed by atoms with E-state index in [2.05, 4.69) is 34.8 Å². The van der Waals surface area contributed by atoms with Gasteiger partial charge < -0.3 is 9.47 Å². The average molecular weight is 419 g/mol. The molecule has 1 fully saturated rings. The minimum absolute atomic E-state index is 0.115. The molecule has 0 saturated heterocycles. The summed E-state index contributed by atoms with van der Waals surface area (Å²) in [6, 6.07) is 23.7. The molecule has 0 aromatic heterocycles. The van der Waals surface area contributed by atoms with Gasteiger partial charge in [0.05, 0.1) is 17.2 Å². The van der Waals surface area contributed by atoms with Crippen molar-refractivity contribution in [2.45, 2.75) is 11.8 Å². The van der Waals surface area contributed by atoms with Gasteiger partial charge in [0.25, 0.3) is 0 Å². The van der Waals surface area contributed by atoms with Crippen molar-refractivity contribution >= 4 is 23.7 Å². The van der Waals surface area contributed by atoms with Gasteiger partial charge in [-0.05, 0) is 23.6 Å². The highest BCUT2D eigenvalue weighted by atomic mass is 35.5. The molecule has 6 heteroatoms. The molecule has 1 saturated carbocycles. The summed E-state index contributed by atoms with van der Waals surface area (Å²) in [5.74, 6) is 0.915. The first kappa shape index (κ1) is 18.7. The number of hydrogen-bond acceptors (Lipinski definition) is 4. The third-order valence-electron chi connectivity index (χ3n) is 5.73. The van der Waals surface area contributed by atoms with E-state index in [9.17, 15) is 4.79 Å². The third-order valence-corrected chi connectivity index (χ3v) is 6.05. The number of amides is 1. The van der Waals surface area contributed by atoms with Gasteiger partial charge in [-0.25, -0.2) is 5.43 Å². The van der Waals surface area contributed by atoms with Crippen LogP contribution in [0.5, 0.6) is 11.5 Å². The van der Waals surface area contributed by atoms with Crippen LogP contribution >= 0.6 is 11.6 Å². The summed E-state index contributed by atoms with van der Waals surface area (Å²) >= 11 is 6.26. The molecular formula is C24H19ClN2O3. The maximum absolute atomic E-state index is 12.9. The molecule has 30 heavy (non-hydrogen) atoms. The molecule has 1 heterocycles. The first-order valence-electron chi connectivity index (χ1n) is 9.71. The molecule has 0 spiro atoms. The Kier molecular flexibility index (Phi) is 4.68. The number of carbonyl (C=O) groups excluding carboxylic acids is 1. The fraction of sp³-hybridized carbons (Fsp3) is 0.167. The standard InChI is InChI=1S/C24H19ClN2O3/c25-20-12-22-21(29-15-30-22)11-16(20)14-26-27-23(28)19-13-24(19,17-7-3-1-4-8-17)18-9-5-2-6-10-18/h1-12,14,19H,13,15H2,(H,27,28)/b26-14-/t19-/m1/s1. The van der Waals surface area contributed by atoms with Crippen LogP contribution in [0.2, 0.25) is 5.02 Å². The Morgan fingerprint density at radius 3 is 2.23 bits per heavy atom.